The van der Waals surface area contributed by atoms with Crippen molar-refractivity contribution < 1.29 is 9.90 Å². The molecule has 2 atom stereocenters. The highest BCUT2D eigenvalue weighted by Crippen LogP contribution is 2.32. The van der Waals surface area contributed by atoms with Gasteiger partial charge in [-0.2, -0.15) is 0 Å². The van der Waals surface area contributed by atoms with E-state index in [2.05, 4.69) is 16.7 Å². The fourth-order valence-electron chi connectivity index (χ4n) is 4.98. The van der Waals surface area contributed by atoms with E-state index in [4.69, 9.17) is 0 Å². The van der Waals surface area contributed by atoms with E-state index in [0.717, 1.165) is 51.7 Å². The molecule has 138 valence electrons. The first-order valence-electron chi connectivity index (χ1n) is 10.3. The van der Waals surface area contributed by atoms with Crippen LogP contribution in [0.1, 0.15) is 77.6 Å². The monoisotopic (exact) mass is 336 g/mol. The highest BCUT2D eigenvalue weighted by molar-refractivity contribution is 5.77. The largest absolute Gasteiger partial charge is 0.389 e. The van der Waals surface area contributed by atoms with Crippen LogP contribution in [0.25, 0.3) is 0 Å². The van der Waals surface area contributed by atoms with E-state index in [1.807, 2.05) is 0 Å². The Labute approximate surface area is 147 Å². The van der Waals surface area contributed by atoms with Crippen LogP contribution in [0.2, 0.25) is 0 Å². The first kappa shape index (κ1) is 18.2. The molecule has 0 bridgehead atoms. The lowest BCUT2D eigenvalue weighted by atomic mass is 9.82. The predicted octanol–water partition coefficient (Wildman–Crippen LogP) is 3.18. The van der Waals surface area contributed by atoms with E-state index in [9.17, 15) is 9.90 Å². The zero-order chi connectivity index (χ0) is 17.0. The molecular formula is C20H36N2O2. The van der Waals surface area contributed by atoms with Crippen LogP contribution >= 0.6 is 0 Å². The molecule has 3 rings (SSSR count). The Morgan fingerprint density at radius 1 is 1.04 bits per heavy atom. The molecule has 3 aliphatic rings. The van der Waals surface area contributed by atoms with Crippen LogP contribution in [0.15, 0.2) is 0 Å². The predicted molar refractivity (Wildman–Crippen MR) is 96.8 cm³/mol. The summed E-state index contributed by atoms with van der Waals surface area (Å²) in [6, 6.07) is 0.702. The van der Waals surface area contributed by atoms with Crippen molar-refractivity contribution in [2.75, 3.05) is 26.2 Å². The number of carbonyl (C=O) groups is 1. The van der Waals surface area contributed by atoms with Crippen molar-refractivity contribution in [3.8, 4) is 0 Å². The van der Waals surface area contributed by atoms with Gasteiger partial charge in [-0.1, -0.05) is 25.7 Å². The summed E-state index contributed by atoms with van der Waals surface area (Å²) in [5.41, 5.74) is -0.719. The van der Waals surface area contributed by atoms with Crippen LogP contribution in [0, 0.1) is 5.92 Å². The Morgan fingerprint density at radius 3 is 2.58 bits per heavy atom. The maximum atomic E-state index is 12.7. The summed E-state index contributed by atoms with van der Waals surface area (Å²) in [5.74, 6) is 0.806. The first-order chi connectivity index (χ1) is 11.6. The van der Waals surface area contributed by atoms with Crippen molar-refractivity contribution in [1.29, 1.82) is 0 Å². The van der Waals surface area contributed by atoms with Crippen molar-refractivity contribution >= 4 is 5.91 Å². The quantitative estimate of drug-likeness (QED) is 0.857. The number of nitrogens with zero attached hydrogens (tertiary/aromatic N) is 2. The van der Waals surface area contributed by atoms with Gasteiger partial charge < -0.3 is 14.9 Å². The Kier molecular flexibility index (Phi) is 6.20. The second-order valence-corrected chi connectivity index (χ2v) is 8.65. The zero-order valence-corrected chi connectivity index (χ0v) is 15.5. The third-order valence-corrected chi connectivity index (χ3v) is 6.57. The minimum atomic E-state index is -0.719. The number of aliphatic hydroxyl groups is 1. The second-order valence-electron chi connectivity index (χ2n) is 8.65. The number of hydrogen-bond donors (Lipinski definition) is 1. The lowest BCUT2D eigenvalue weighted by molar-refractivity contribution is -0.139. The fourth-order valence-corrected chi connectivity index (χ4v) is 4.98. The number of piperidine rings is 2. The third-order valence-electron chi connectivity index (χ3n) is 6.57. The summed E-state index contributed by atoms with van der Waals surface area (Å²) in [6.07, 6.45) is 11.7. The molecular weight excluding hydrogens is 300 g/mol. The normalized spacial score (nSPS) is 31.8. The molecule has 2 aliphatic heterocycles. The molecule has 24 heavy (non-hydrogen) atoms. The highest BCUT2D eigenvalue weighted by atomic mass is 16.3. The van der Waals surface area contributed by atoms with Gasteiger partial charge in [-0.15, -0.1) is 0 Å². The van der Waals surface area contributed by atoms with Gasteiger partial charge in [0.2, 0.25) is 5.91 Å². The van der Waals surface area contributed by atoms with Crippen molar-refractivity contribution in [2.45, 2.75) is 89.2 Å². The highest BCUT2D eigenvalue weighted by Gasteiger charge is 2.35. The maximum Gasteiger partial charge on any atom is 0.225 e. The molecule has 0 aromatic heterocycles. The average Bonchev–Trinajstić information content (AvgIpc) is 2.57. The maximum absolute atomic E-state index is 12.7. The smallest absolute Gasteiger partial charge is 0.225 e. The minimum absolute atomic E-state index is 0.191. The summed E-state index contributed by atoms with van der Waals surface area (Å²) >= 11 is 0. The summed E-state index contributed by atoms with van der Waals surface area (Å²) in [6.45, 7) is 6.52. The third kappa shape index (κ3) is 4.72. The molecule has 0 aromatic rings. The molecule has 0 spiro atoms. The number of amides is 1. The van der Waals surface area contributed by atoms with Crippen molar-refractivity contribution in [2.24, 2.45) is 5.92 Å². The van der Waals surface area contributed by atoms with Gasteiger partial charge in [0.25, 0.3) is 0 Å². The molecule has 3 fully saturated rings. The molecule has 0 radical (unpaired) electrons. The molecule has 1 aliphatic carbocycles. The second kappa shape index (κ2) is 8.18. The van der Waals surface area contributed by atoms with Crippen LogP contribution in [-0.2, 0) is 4.79 Å². The van der Waals surface area contributed by atoms with Gasteiger partial charge >= 0.3 is 0 Å². The van der Waals surface area contributed by atoms with E-state index >= 15 is 0 Å². The number of rotatable bonds is 4. The van der Waals surface area contributed by atoms with Gasteiger partial charge in [0.15, 0.2) is 0 Å². The number of likely N-dealkylation sites (tertiary alicyclic amines) is 2. The topological polar surface area (TPSA) is 43.8 Å². The van der Waals surface area contributed by atoms with E-state index in [-0.39, 0.29) is 5.91 Å². The standard InChI is InChI=1S/C20H36N2O2/c1-17-8-3-6-12-21(17)15-18-9-7-13-22(16-18)19(23)14-20(24)10-4-2-5-11-20/h17-18,24H,2-16H2,1H3. The summed E-state index contributed by atoms with van der Waals surface area (Å²) in [4.78, 5) is 17.4. The Hall–Kier alpha value is -0.610. The van der Waals surface area contributed by atoms with Crippen LogP contribution in [0.4, 0.5) is 0 Å². The number of hydrogen-bond acceptors (Lipinski definition) is 3. The molecule has 2 heterocycles. The van der Waals surface area contributed by atoms with Crippen molar-refractivity contribution in [3.05, 3.63) is 0 Å². The summed E-state index contributed by atoms with van der Waals surface area (Å²) in [7, 11) is 0. The van der Waals surface area contributed by atoms with E-state index < -0.39 is 5.60 Å². The zero-order valence-electron chi connectivity index (χ0n) is 15.5. The Bertz CT molecular complexity index is 420. The van der Waals surface area contributed by atoms with Crippen LogP contribution in [0.3, 0.4) is 0 Å². The van der Waals surface area contributed by atoms with Crippen molar-refractivity contribution in [3.63, 3.8) is 0 Å². The molecule has 1 N–H and O–H groups in total. The first-order valence-corrected chi connectivity index (χ1v) is 10.3. The van der Waals surface area contributed by atoms with Gasteiger partial charge in [-0.3, -0.25) is 4.79 Å². The average molecular weight is 337 g/mol. The van der Waals surface area contributed by atoms with E-state index in [1.54, 1.807) is 0 Å². The Balaban J connectivity index is 1.50. The van der Waals surface area contributed by atoms with Gasteiger partial charge in [0.1, 0.15) is 0 Å². The lowest BCUT2D eigenvalue weighted by Crippen LogP contribution is -2.48. The van der Waals surface area contributed by atoms with E-state index in [0.29, 0.717) is 18.4 Å². The molecule has 4 nitrogen and oxygen atoms in total. The molecule has 4 heteroatoms. The van der Waals surface area contributed by atoms with Gasteiger partial charge in [-0.25, -0.2) is 0 Å². The summed E-state index contributed by atoms with van der Waals surface area (Å²) in [5, 5.41) is 10.7. The lowest BCUT2D eigenvalue weighted by Gasteiger charge is -2.40. The fraction of sp³-hybridized carbons (Fsp3) is 0.950. The van der Waals surface area contributed by atoms with Gasteiger partial charge in [0.05, 0.1) is 12.0 Å². The van der Waals surface area contributed by atoms with E-state index in [1.165, 1.54) is 38.6 Å². The Morgan fingerprint density at radius 2 is 1.83 bits per heavy atom. The van der Waals surface area contributed by atoms with Crippen molar-refractivity contribution in [1.82, 2.24) is 9.80 Å². The SMILES string of the molecule is CC1CCCCN1CC1CCCN(C(=O)CC2(O)CCCCC2)C1. The van der Waals surface area contributed by atoms with Crippen LogP contribution in [0.5, 0.6) is 0 Å². The van der Waals surface area contributed by atoms with Gasteiger partial charge in [0, 0.05) is 25.7 Å². The van der Waals surface area contributed by atoms with Gasteiger partial charge in [-0.05, 0) is 57.9 Å². The van der Waals surface area contributed by atoms with Crippen LogP contribution in [-0.4, -0.2) is 58.6 Å². The number of carbonyl (C=O) groups excluding carboxylic acids is 1. The minimum Gasteiger partial charge on any atom is -0.389 e. The molecule has 2 unspecified atom stereocenters. The molecule has 1 saturated carbocycles. The van der Waals surface area contributed by atoms with Crippen LogP contribution < -0.4 is 0 Å². The molecule has 2 saturated heterocycles. The molecule has 0 aromatic carbocycles. The summed E-state index contributed by atoms with van der Waals surface area (Å²) < 4.78 is 0. The molecule has 1 amide bonds.